The number of carbonyl (C=O) groups is 1. The lowest BCUT2D eigenvalue weighted by Crippen LogP contribution is -2.33. The van der Waals surface area contributed by atoms with Crippen molar-refractivity contribution < 1.29 is 17.6 Å². The Morgan fingerprint density at radius 2 is 1.77 bits per heavy atom. The maximum Gasteiger partial charge on any atom is 0.258 e. The molecule has 1 aliphatic heterocycles. The Bertz CT molecular complexity index is 1710. The Morgan fingerprint density at radius 1 is 1.03 bits per heavy atom. The molecule has 4 aromatic rings. The number of benzene rings is 3. The molecule has 0 atom stereocenters. The molecule has 0 spiro atoms. The fraction of sp³-hybridized carbons (Fsp3) is 0.214. The number of nitrogens with zero attached hydrogens (tertiary/aromatic N) is 4. The molecule has 5 rings (SSSR count). The summed E-state index contributed by atoms with van der Waals surface area (Å²) in [5, 5.41) is 6.06. The molecular formula is C28H29FN6O3S. The highest BCUT2D eigenvalue weighted by Gasteiger charge is 2.29. The fourth-order valence-corrected chi connectivity index (χ4v) is 5.62. The third-order valence-corrected chi connectivity index (χ3v) is 8.56. The Morgan fingerprint density at radius 3 is 2.49 bits per heavy atom. The second-order valence-electron chi connectivity index (χ2n) is 9.73. The molecule has 3 aromatic carbocycles. The molecule has 0 aliphatic carbocycles. The van der Waals surface area contributed by atoms with Gasteiger partial charge in [-0.3, -0.25) is 4.79 Å². The zero-order chi connectivity index (χ0) is 27.9. The van der Waals surface area contributed by atoms with E-state index in [2.05, 4.69) is 15.6 Å². The van der Waals surface area contributed by atoms with Crippen LogP contribution in [0, 0.1) is 5.82 Å². The van der Waals surface area contributed by atoms with E-state index in [0.717, 1.165) is 11.0 Å². The zero-order valence-electron chi connectivity index (χ0n) is 22.1. The zero-order valence-corrected chi connectivity index (χ0v) is 22.9. The summed E-state index contributed by atoms with van der Waals surface area (Å²) in [5.74, 6) is -0.826. The lowest BCUT2D eigenvalue weighted by atomic mass is 9.99. The number of hydrogen-bond donors (Lipinski definition) is 2. The molecular weight excluding hydrogens is 519 g/mol. The average molecular weight is 549 g/mol. The molecule has 9 nitrogen and oxygen atoms in total. The van der Waals surface area contributed by atoms with Gasteiger partial charge in [-0.15, -0.1) is 0 Å². The van der Waals surface area contributed by atoms with Gasteiger partial charge in [-0.1, -0.05) is 6.07 Å². The van der Waals surface area contributed by atoms with Crippen molar-refractivity contribution in [2.45, 2.75) is 4.90 Å². The Labute approximate surface area is 226 Å². The van der Waals surface area contributed by atoms with Crippen LogP contribution in [0.25, 0.3) is 22.3 Å². The first kappa shape index (κ1) is 26.5. The second-order valence-corrected chi connectivity index (χ2v) is 11.8. The summed E-state index contributed by atoms with van der Waals surface area (Å²) >= 11 is 0. The van der Waals surface area contributed by atoms with Crippen LogP contribution < -0.4 is 10.6 Å². The topological polar surface area (TPSA) is 99.6 Å². The molecule has 0 saturated carbocycles. The van der Waals surface area contributed by atoms with Crippen LogP contribution in [0.3, 0.4) is 0 Å². The normalized spacial score (nSPS) is 14.7. The molecule has 0 bridgehead atoms. The smallest absolute Gasteiger partial charge is 0.258 e. The van der Waals surface area contributed by atoms with Gasteiger partial charge in [-0.2, -0.15) is 4.31 Å². The number of fused-ring (bicyclic) bond motifs is 2. The van der Waals surface area contributed by atoms with E-state index in [1.165, 1.54) is 28.6 Å². The fourth-order valence-electron chi connectivity index (χ4n) is 4.46. The van der Waals surface area contributed by atoms with Crippen molar-refractivity contribution in [1.82, 2.24) is 18.8 Å². The van der Waals surface area contributed by atoms with Gasteiger partial charge < -0.3 is 20.1 Å². The van der Waals surface area contributed by atoms with E-state index in [-0.39, 0.29) is 10.8 Å². The standard InChI is InChI=1S/C28H29FN6O3S/c1-33(2)13-14-35(4)39(37,38)21-9-7-20(8-10-21)31-27(18-5-12-25-24(15-18)30-17-34(25)3)26-22-11-6-19(29)16-23(22)32-28(26)36/h5-12,15-17,31H,13-14H2,1-4H3,(H,32,36). The minimum atomic E-state index is -3.67. The minimum Gasteiger partial charge on any atom is -0.354 e. The van der Waals surface area contributed by atoms with E-state index >= 15 is 0 Å². The van der Waals surface area contributed by atoms with Gasteiger partial charge in [0.1, 0.15) is 5.82 Å². The molecule has 1 amide bonds. The first-order valence-corrected chi connectivity index (χ1v) is 13.7. The molecule has 11 heteroatoms. The summed E-state index contributed by atoms with van der Waals surface area (Å²) in [6.07, 6.45) is 1.71. The first-order chi connectivity index (χ1) is 18.5. The van der Waals surface area contributed by atoms with Gasteiger partial charge in [0, 0.05) is 44.0 Å². The highest BCUT2D eigenvalue weighted by Crippen LogP contribution is 2.38. The van der Waals surface area contributed by atoms with Crippen molar-refractivity contribution in [3.8, 4) is 0 Å². The molecule has 1 aliphatic rings. The Balaban J connectivity index is 1.55. The summed E-state index contributed by atoms with van der Waals surface area (Å²) in [7, 11) is 3.56. The number of rotatable bonds is 8. The largest absolute Gasteiger partial charge is 0.354 e. The number of hydrogen-bond acceptors (Lipinski definition) is 6. The van der Waals surface area contributed by atoms with Gasteiger partial charge in [-0.25, -0.2) is 17.8 Å². The Hall–Kier alpha value is -4.06. The number of imidazole rings is 1. The van der Waals surface area contributed by atoms with E-state index in [1.54, 1.807) is 31.6 Å². The van der Waals surface area contributed by atoms with E-state index in [0.29, 0.717) is 46.9 Å². The molecule has 2 N–H and O–H groups in total. The highest BCUT2D eigenvalue weighted by atomic mass is 32.2. The molecule has 1 aromatic heterocycles. The van der Waals surface area contributed by atoms with Gasteiger partial charge >= 0.3 is 0 Å². The van der Waals surface area contributed by atoms with Gasteiger partial charge in [0.25, 0.3) is 5.91 Å². The third-order valence-electron chi connectivity index (χ3n) is 6.68. The minimum absolute atomic E-state index is 0.165. The number of nitrogens with one attached hydrogen (secondary N) is 2. The highest BCUT2D eigenvalue weighted by molar-refractivity contribution is 7.89. The van der Waals surface area contributed by atoms with Crippen molar-refractivity contribution >= 4 is 49.6 Å². The summed E-state index contributed by atoms with van der Waals surface area (Å²) in [6.45, 7) is 0.955. The van der Waals surface area contributed by atoms with Gasteiger partial charge in [0.15, 0.2) is 0 Å². The first-order valence-electron chi connectivity index (χ1n) is 12.3. The van der Waals surface area contributed by atoms with Crippen LogP contribution in [0.2, 0.25) is 0 Å². The monoisotopic (exact) mass is 548 g/mol. The summed E-state index contributed by atoms with van der Waals surface area (Å²) in [6, 6.07) is 16.2. The molecule has 202 valence electrons. The number of sulfonamides is 1. The summed E-state index contributed by atoms with van der Waals surface area (Å²) in [4.78, 5) is 19.7. The molecule has 0 radical (unpaired) electrons. The van der Waals surface area contributed by atoms with E-state index in [9.17, 15) is 17.6 Å². The molecule has 39 heavy (non-hydrogen) atoms. The van der Waals surface area contributed by atoms with Crippen molar-refractivity contribution in [1.29, 1.82) is 0 Å². The molecule has 0 unspecified atom stereocenters. The van der Waals surface area contributed by atoms with Crippen LogP contribution in [0.4, 0.5) is 15.8 Å². The number of amides is 1. The van der Waals surface area contributed by atoms with Crippen molar-refractivity contribution in [3.63, 3.8) is 0 Å². The van der Waals surface area contributed by atoms with Gasteiger partial charge in [0.2, 0.25) is 10.0 Å². The lowest BCUT2D eigenvalue weighted by Gasteiger charge is -2.20. The van der Waals surface area contributed by atoms with Gasteiger partial charge in [-0.05, 0) is 68.7 Å². The van der Waals surface area contributed by atoms with E-state index in [1.807, 2.05) is 48.8 Å². The molecule has 2 heterocycles. The maximum absolute atomic E-state index is 13.9. The number of aromatic nitrogens is 2. The van der Waals surface area contributed by atoms with E-state index in [4.69, 9.17) is 0 Å². The van der Waals surface area contributed by atoms with Crippen LogP contribution in [0.5, 0.6) is 0 Å². The van der Waals surface area contributed by atoms with Crippen LogP contribution in [0.15, 0.2) is 71.9 Å². The average Bonchev–Trinajstić information content (AvgIpc) is 3.43. The molecule has 0 saturated heterocycles. The summed E-state index contributed by atoms with van der Waals surface area (Å²) < 4.78 is 43.2. The van der Waals surface area contributed by atoms with E-state index < -0.39 is 15.8 Å². The quantitative estimate of drug-likeness (QED) is 0.325. The third kappa shape index (κ3) is 5.16. The number of likely N-dealkylation sites (N-methyl/N-ethyl adjacent to an activating group) is 2. The van der Waals surface area contributed by atoms with Crippen molar-refractivity contribution in [2.24, 2.45) is 7.05 Å². The van der Waals surface area contributed by atoms with Gasteiger partial charge in [0.05, 0.1) is 39.2 Å². The van der Waals surface area contributed by atoms with Crippen molar-refractivity contribution in [2.75, 3.05) is 44.9 Å². The molecule has 0 fully saturated rings. The van der Waals surface area contributed by atoms with Crippen LogP contribution >= 0.6 is 0 Å². The van der Waals surface area contributed by atoms with Crippen LogP contribution in [-0.2, 0) is 21.9 Å². The number of halogens is 1. The summed E-state index contributed by atoms with van der Waals surface area (Å²) in [5.41, 5.74) is 4.73. The predicted molar refractivity (Wildman–Crippen MR) is 151 cm³/mol. The Kier molecular flexibility index (Phi) is 6.98. The van der Waals surface area contributed by atoms with Crippen LogP contribution in [-0.4, -0.2) is 67.3 Å². The lowest BCUT2D eigenvalue weighted by molar-refractivity contribution is -0.110. The number of carbonyl (C=O) groups excluding carboxylic acids is 1. The maximum atomic E-state index is 13.9. The number of aryl methyl sites for hydroxylation is 1. The number of anilines is 2. The predicted octanol–water partition coefficient (Wildman–Crippen LogP) is 3.83. The van der Waals surface area contributed by atoms with Crippen LogP contribution in [0.1, 0.15) is 11.1 Å². The van der Waals surface area contributed by atoms with Crippen molar-refractivity contribution in [3.05, 3.63) is 83.9 Å². The SMILES string of the molecule is CN(C)CCN(C)S(=O)(=O)c1ccc(NC(=C2C(=O)Nc3cc(F)ccc32)c2ccc3c(c2)ncn3C)cc1. The second kappa shape index (κ2) is 10.3.